The molecule has 0 aliphatic carbocycles. The smallest absolute Gasteiger partial charge is 0.185 e. The van der Waals surface area contributed by atoms with Crippen LogP contribution in [0.1, 0.15) is 31.3 Å². The Morgan fingerprint density at radius 3 is 2.74 bits per heavy atom. The van der Waals surface area contributed by atoms with E-state index in [1.165, 1.54) is 15.7 Å². The van der Waals surface area contributed by atoms with Crippen molar-refractivity contribution in [2.45, 2.75) is 39.8 Å². The summed E-state index contributed by atoms with van der Waals surface area (Å²) in [7, 11) is 2.00. The van der Waals surface area contributed by atoms with E-state index >= 15 is 0 Å². The minimum absolute atomic E-state index is 0.625. The van der Waals surface area contributed by atoms with Crippen molar-refractivity contribution in [1.82, 2.24) is 15.2 Å². The highest BCUT2D eigenvalue weighted by atomic mass is 32.1. The molecule has 0 aromatic carbocycles. The highest BCUT2D eigenvalue weighted by Crippen LogP contribution is 2.28. The van der Waals surface area contributed by atoms with Gasteiger partial charge in [-0.15, -0.1) is 11.3 Å². The lowest BCUT2D eigenvalue weighted by Crippen LogP contribution is -2.51. The van der Waals surface area contributed by atoms with Crippen molar-refractivity contribution >= 4 is 16.5 Å². The third-order valence-electron chi connectivity index (χ3n) is 3.88. The maximum absolute atomic E-state index is 4.84. The number of anilines is 1. The third-order valence-corrected chi connectivity index (χ3v) is 5.04. The normalized spacial score (nSPS) is 21.1. The van der Waals surface area contributed by atoms with Crippen LogP contribution >= 0.6 is 11.3 Å². The van der Waals surface area contributed by atoms with Crippen molar-refractivity contribution in [1.29, 1.82) is 0 Å². The molecule has 0 radical (unpaired) electrons. The molecule has 1 atom stereocenters. The summed E-state index contributed by atoms with van der Waals surface area (Å²) >= 11 is 1.86. The fourth-order valence-electron chi connectivity index (χ4n) is 2.72. The Bertz CT molecular complexity index is 404. The van der Waals surface area contributed by atoms with Gasteiger partial charge in [0.25, 0.3) is 0 Å². The molecule has 5 heteroatoms. The number of hydrogen-bond donors (Lipinski definition) is 1. The second-order valence-corrected chi connectivity index (χ2v) is 6.24. The number of aryl methyl sites for hydroxylation is 1. The van der Waals surface area contributed by atoms with Gasteiger partial charge in [-0.05, 0) is 26.9 Å². The summed E-state index contributed by atoms with van der Waals surface area (Å²) in [5, 5.41) is 4.46. The van der Waals surface area contributed by atoms with E-state index in [4.69, 9.17) is 4.98 Å². The molecule has 1 unspecified atom stereocenters. The summed E-state index contributed by atoms with van der Waals surface area (Å²) in [5.41, 5.74) is 1.26. The van der Waals surface area contributed by atoms with Crippen LogP contribution < -0.4 is 10.2 Å². The third kappa shape index (κ3) is 3.27. The zero-order valence-electron chi connectivity index (χ0n) is 12.6. The minimum Gasteiger partial charge on any atom is -0.345 e. The predicted molar refractivity (Wildman–Crippen MR) is 83.2 cm³/mol. The predicted octanol–water partition coefficient (Wildman–Crippen LogP) is 1.96. The first-order valence-electron chi connectivity index (χ1n) is 7.31. The van der Waals surface area contributed by atoms with Crippen LogP contribution in [0.2, 0.25) is 0 Å². The number of nitrogens with zero attached hydrogens (tertiary/aromatic N) is 3. The van der Waals surface area contributed by atoms with Crippen LogP contribution in [0.5, 0.6) is 0 Å². The van der Waals surface area contributed by atoms with Crippen LogP contribution in [-0.4, -0.2) is 49.2 Å². The first-order chi connectivity index (χ1) is 9.19. The van der Waals surface area contributed by atoms with E-state index in [0.29, 0.717) is 6.04 Å². The number of hydrogen-bond acceptors (Lipinski definition) is 5. The van der Waals surface area contributed by atoms with E-state index in [9.17, 15) is 0 Å². The number of aromatic nitrogens is 1. The zero-order chi connectivity index (χ0) is 13.8. The SMILES string of the molecule is CCc1nc(N2CCN(CC)C(C)C2)sc1CNC. The van der Waals surface area contributed by atoms with Crippen LogP contribution in [0.4, 0.5) is 5.13 Å². The monoisotopic (exact) mass is 282 g/mol. The maximum Gasteiger partial charge on any atom is 0.185 e. The van der Waals surface area contributed by atoms with Gasteiger partial charge in [-0.2, -0.15) is 0 Å². The molecule has 108 valence electrons. The standard InChI is InChI=1S/C14H26N4S/c1-5-12-13(9-15-4)19-14(16-12)18-8-7-17(6-2)11(3)10-18/h11,15H,5-10H2,1-4H3. The lowest BCUT2D eigenvalue weighted by Gasteiger charge is -2.39. The molecular weight excluding hydrogens is 256 g/mol. The molecule has 4 nitrogen and oxygen atoms in total. The molecule has 19 heavy (non-hydrogen) atoms. The topological polar surface area (TPSA) is 31.4 Å². The lowest BCUT2D eigenvalue weighted by atomic mass is 10.2. The molecule has 0 bridgehead atoms. The Labute approximate surface area is 120 Å². The summed E-state index contributed by atoms with van der Waals surface area (Å²) < 4.78 is 0. The number of thiazole rings is 1. The van der Waals surface area contributed by atoms with Crippen molar-refractivity contribution in [2.75, 3.05) is 38.1 Å². The Hall–Kier alpha value is -0.650. The summed E-state index contributed by atoms with van der Waals surface area (Å²) in [6.07, 6.45) is 1.03. The van der Waals surface area contributed by atoms with Gasteiger partial charge in [0.1, 0.15) is 0 Å². The highest BCUT2D eigenvalue weighted by molar-refractivity contribution is 7.15. The molecule has 1 aromatic rings. The van der Waals surface area contributed by atoms with Crippen LogP contribution in [-0.2, 0) is 13.0 Å². The molecule has 2 heterocycles. The first kappa shape index (κ1) is 14.8. The van der Waals surface area contributed by atoms with Gasteiger partial charge in [-0.25, -0.2) is 4.98 Å². The average molecular weight is 282 g/mol. The van der Waals surface area contributed by atoms with E-state index in [2.05, 4.69) is 35.9 Å². The quantitative estimate of drug-likeness (QED) is 0.894. The summed E-state index contributed by atoms with van der Waals surface area (Å²) in [5.74, 6) is 0. The lowest BCUT2D eigenvalue weighted by molar-refractivity contribution is 0.199. The number of rotatable bonds is 5. The molecule has 1 fully saturated rings. The molecule has 2 rings (SSSR count). The molecule has 1 aliphatic rings. The van der Waals surface area contributed by atoms with Gasteiger partial charge in [-0.1, -0.05) is 13.8 Å². The van der Waals surface area contributed by atoms with Gasteiger partial charge < -0.3 is 10.2 Å². The first-order valence-corrected chi connectivity index (χ1v) is 8.13. The van der Waals surface area contributed by atoms with Gasteiger partial charge >= 0.3 is 0 Å². The Morgan fingerprint density at radius 2 is 2.16 bits per heavy atom. The van der Waals surface area contributed by atoms with E-state index < -0.39 is 0 Å². The van der Waals surface area contributed by atoms with E-state index in [1.807, 2.05) is 18.4 Å². The van der Waals surface area contributed by atoms with Gasteiger partial charge in [0.2, 0.25) is 0 Å². The largest absolute Gasteiger partial charge is 0.345 e. The highest BCUT2D eigenvalue weighted by Gasteiger charge is 2.24. The minimum atomic E-state index is 0.625. The van der Waals surface area contributed by atoms with Crippen molar-refractivity contribution in [3.8, 4) is 0 Å². The fraction of sp³-hybridized carbons (Fsp3) is 0.786. The Kier molecular flexibility index (Phi) is 5.19. The van der Waals surface area contributed by atoms with Gasteiger partial charge in [0.15, 0.2) is 5.13 Å². The summed E-state index contributed by atoms with van der Waals surface area (Å²) in [6.45, 7) is 12.2. The van der Waals surface area contributed by atoms with Gasteiger partial charge in [0.05, 0.1) is 5.69 Å². The van der Waals surface area contributed by atoms with E-state index in [1.54, 1.807) is 0 Å². The number of likely N-dealkylation sites (N-methyl/N-ethyl adjacent to an activating group) is 1. The van der Waals surface area contributed by atoms with Crippen molar-refractivity contribution in [3.63, 3.8) is 0 Å². The second kappa shape index (κ2) is 6.68. The van der Waals surface area contributed by atoms with E-state index in [0.717, 1.165) is 39.1 Å². The van der Waals surface area contributed by atoms with E-state index in [-0.39, 0.29) is 0 Å². The molecule has 0 amide bonds. The maximum atomic E-state index is 4.84. The Balaban J connectivity index is 2.10. The van der Waals surface area contributed by atoms with Crippen molar-refractivity contribution in [3.05, 3.63) is 10.6 Å². The molecular formula is C14H26N4S. The van der Waals surface area contributed by atoms with Gasteiger partial charge in [0, 0.05) is 37.1 Å². The molecule has 0 spiro atoms. The van der Waals surface area contributed by atoms with Crippen LogP contribution in [0.15, 0.2) is 0 Å². The molecule has 0 saturated carbocycles. The molecule has 1 N–H and O–H groups in total. The van der Waals surface area contributed by atoms with Crippen LogP contribution in [0.25, 0.3) is 0 Å². The average Bonchev–Trinajstić information content (AvgIpc) is 2.82. The zero-order valence-corrected chi connectivity index (χ0v) is 13.4. The number of piperazine rings is 1. The second-order valence-electron chi connectivity index (χ2n) is 5.17. The Morgan fingerprint density at radius 1 is 1.37 bits per heavy atom. The summed E-state index contributed by atoms with van der Waals surface area (Å²) in [6, 6.07) is 0.625. The van der Waals surface area contributed by atoms with Crippen molar-refractivity contribution in [2.24, 2.45) is 0 Å². The summed E-state index contributed by atoms with van der Waals surface area (Å²) in [4.78, 5) is 11.2. The van der Waals surface area contributed by atoms with Crippen LogP contribution in [0, 0.1) is 0 Å². The van der Waals surface area contributed by atoms with Gasteiger partial charge in [-0.3, -0.25) is 4.90 Å². The van der Waals surface area contributed by atoms with Crippen LogP contribution in [0.3, 0.4) is 0 Å². The molecule has 1 aromatic heterocycles. The van der Waals surface area contributed by atoms with Crippen molar-refractivity contribution < 1.29 is 0 Å². The number of nitrogens with one attached hydrogen (secondary N) is 1. The molecule has 1 aliphatic heterocycles. The molecule has 1 saturated heterocycles. The fourth-order valence-corrected chi connectivity index (χ4v) is 3.91.